The minimum absolute atomic E-state index is 0.127. The number of phenolic OH excluding ortho intramolecular Hbond substituents is 1. The number of benzene rings is 2. The quantitative estimate of drug-likeness (QED) is 0.409. The standard InChI is InChI=1S/C22H23N3O6/c1-31-12-4-11-25-21(29)15-8-7-14(13-17(15)22(25)30)19(27)23-9-10-24-20(28)16-5-2-3-6-18(16)26/h2-3,5-8,13,26H,4,9-12H2,1H3,(H,23,27)(H,24,28). The third-order valence-electron chi connectivity index (χ3n) is 4.81. The Morgan fingerprint density at radius 2 is 1.65 bits per heavy atom. The number of fused-ring (bicyclic) bond motifs is 1. The maximum absolute atomic E-state index is 12.5. The summed E-state index contributed by atoms with van der Waals surface area (Å²) in [5.74, 6) is -1.83. The maximum Gasteiger partial charge on any atom is 0.261 e. The number of aromatic hydroxyl groups is 1. The second-order valence-electron chi connectivity index (χ2n) is 6.90. The van der Waals surface area contributed by atoms with Gasteiger partial charge in [-0.25, -0.2) is 0 Å². The molecule has 2 aromatic carbocycles. The summed E-state index contributed by atoms with van der Waals surface area (Å²) in [6, 6.07) is 10.5. The zero-order chi connectivity index (χ0) is 22.4. The topological polar surface area (TPSA) is 125 Å². The molecule has 0 aliphatic carbocycles. The summed E-state index contributed by atoms with van der Waals surface area (Å²) >= 11 is 0. The molecule has 0 spiro atoms. The van der Waals surface area contributed by atoms with Gasteiger partial charge in [0.2, 0.25) is 0 Å². The molecular formula is C22H23N3O6. The highest BCUT2D eigenvalue weighted by Crippen LogP contribution is 2.24. The molecule has 9 nitrogen and oxygen atoms in total. The van der Waals surface area contributed by atoms with Gasteiger partial charge in [-0.1, -0.05) is 12.1 Å². The molecule has 9 heteroatoms. The number of imide groups is 1. The molecule has 0 radical (unpaired) electrons. The molecule has 0 unspecified atom stereocenters. The summed E-state index contributed by atoms with van der Waals surface area (Å²) in [6.45, 7) is 0.972. The number of hydrogen-bond acceptors (Lipinski definition) is 6. The minimum atomic E-state index is -0.456. The number of nitrogens with one attached hydrogen (secondary N) is 2. The number of carbonyl (C=O) groups excluding carboxylic acids is 4. The van der Waals surface area contributed by atoms with E-state index < -0.39 is 17.7 Å². The lowest BCUT2D eigenvalue weighted by atomic mass is 10.1. The Morgan fingerprint density at radius 3 is 2.35 bits per heavy atom. The molecule has 3 N–H and O–H groups in total. The summed E-state index contributed by atoms with van der Waals surface area (Å²) in [6.07, 6.45) is 0.530. The summed E-state index contributed by atoms with van der Waals surface area (Å²) in [7, 11) is 1.55. The van der Waals surface area contributed by atoms with E-state index in [1.54, 1.807) is 19.2 Å². The van der Waals surface area contributed by atoms with Crippen molar-refractivity contribution in [1.29, 1.82) is 0 Å². The van der Waals surface area contributed by atoms with Crippen molar-refractivity contribution in [1.82, 2.24) is 15.5 Å². The predicted octanol–water partition coefficient (Wildman–Crippen LogP) is 1.18. The van der Waals surface area contributed by atoms with Crippen LogP contribution in [0.25, 0.3) is 0 Å². The highest BCUT2D eigenvalue weighted by atomic mass is 16.5. The van der Waals surface area contributed by atoms with E-state index in [1.165, 1.54) is 30.3 Å². The molecule has 0 fully saturated rings. The fourth-order valence-corrected chi connectivity index (χ4v) is 3.22. The van der Waals surface area contributed by atoms with E-state index in [4.69, 9.17) is 4.74 Å². The zero-order valence-corrected chi connectivity index (χ0v) is 17.0. The van der Waals surface area contributed by atoms with E-state index in [1.807, 2.05) is 0 Å². The molecule has 4 amide bonds. The van der Waals surface area contributed by atoms with Gasteiger partial charge in [0, 0.05) is 38.9 Å². The van der Waals surface area contributed by atoms with Gasteiger partial charge in [-0.2, -0.15) is 0 Å². The van der Waals surface area contributed by atoms with Gasteiger partial charge in [0.25, 0.3) is 23.6 Å². The first-order chi connectivity index (χ1) is 14.9. The SMILES string of the molecule is COCCCN1C(=O)c2ccc(C(=O)NCCNC(=O)c3ccccc3O)cc2C1=O. The molecule has 3 rings (SSSR count). The Morgan fingerprint density at radius 1 is 0.968 bits per heavy atom. The fraction of sp³-hybridized carbons (Fsp3) is 0.273. The average Bonchev–Trinajstić information content (AvgIpc) is 3.01. The number of rotatable bonds is 9. The van der Waals surface area contributed by atoms with Crippen molar-refractivity contribution in [3.05, 3.63) is 64.7 Å². The molecule has 0 saturated heterocycles. The van der Waals surface area contributed by atoms with Crippen LogP contribution in [-0.4, -0.2) is 67.0 Å². The molecule has 1 heterocycles. The summed E-state index contributed by atoms with van der Waals surface area (Å²) in [4.78, 5) is 50.5. The van der Waals surface area contributed by atoms with Crippen molar-refractivity contribution in [2.24, 2.45) is 0 Å². The molecule has 1 aliphatic rings. The Hall–Kier alpha value is -3.72. The van der Waals surface area contributed by atoms with Gasteiger partial charge in [0.05, 0.1) is 16.7 Å². The van der Waals surface area contributed by atoms with Gasteiger partial charge in [0.1, 0.15) is 5.75 Å². The number of para-hydroxylation sites is 1. The van der Waals surface area contributed by atoms with E-state index in [2.05, 4.69) is 10.6 Å². The number of phenols is 1. The van der Waals surface area contributed by atoms with Crippen molar-refractivity contribution in [3.63, 3.8) is 0 Å². The van der Waals surface area contributed by atoms with Crippen molar-refractivity contribution in [2.75, 3.05) is 33.4 Å². The average molecular weight is 425 g/mol. The lowest BCUT2D eigenvalue weighted by Crippen LogP contribution is -2.34. The Balaban J connectivity index is 1.54. The lowest BCUT2D eigenvalue weighted by molar-refractivity contribution is 0.0638. The van der Waals surface area contributed by atoms with Crippen molar-refractivity contribution in [3.8, 4) is 5.75 Å². The third-order valence-corrected chi connectivity index (χ3v) is 4.81. The molecule has 0 saturated carbocycles. The first-order valence-electron chi connectivity index (χ1n) is 9.77. The molecular weight excluding hydrogens is 402 g/mol. The van der Waals surface area contributed by atoms with Crippen LogP contribution in [0.4, 0.5) is 0 Å². The Kier molecular flexibility index (Phi) is 6.99. The molecule has 0 atom stereocenters. The van der Waals surface area contributed by atoms with Crippen molar-refractivity contribution >= 4 is 23.6 Å². The fourth-order valence-electron chi connectivity index (χ4n) is 3.22. The van der Waals surface area contributed by atoms with Gasteiger partial charge in [-0.05, 0) is 36.8 Å². The largest absolute Gasteiger partial charge is 0.507 e. The van der Waals surface area contributed by atoms with Gasteiger partial charge < -0.3 is 20.5 Å². The van der Waals surface area contributed by atoms with Crippen LogP contribution in [0.3, 0.4) is 0 Å². The van der Waals surface area contributed by atoms with Crippen molar-refractivity contribution < 1.29 is 29.0 Å². The van der Waals surface area contributed by atoms with Crippen LogP contribution >= 0.6 is 0 Å². The highest BCUT2D eigenvalue weighted by molar-refractivity contribution is 6.22. The van der Waals surface area contributed by atoms with Crippen LogP contribution in [0.15, 0.2) is 42.5 Å². The van der Waals surface area contributed by atoms with Gasteiger partial charge in [0.15, 0.2) is 0 Å². The number of hydrogen-bond donors (Lipinski definition) is 3. The Labute approximate surface area is 179 Å². The highest BCUT2D eigenvalue weighted by Gasteiger charge is 2.35. The van der Waals surface area contributed by atoms with Crippen LogP contribution in [0, 0.1) is 0 Å². The lowest BCUT2D eigenvalue weighted by Gasteiger charge is -2.12. The van der Waals surface area contributed by atoms with Gasteiger partial charge in [-0.15, -0.1) is 0 Å². The molecule has 0 bridgehead atoms. The molecule has 0 aromatic heterocycles. The summed E-state index contributed by atoms with van der Waals surface area (Å²) in [5, 5.41) is 14.9. The van der Waals surface area contributed by atoms with E-state index >= 15 is 0 Å². The minimum Gasteiger partial charge on any atom is -0.507 e. The van der Waals surface area contributed by atoms with Crippen molar-refractivity contribution in [2.45, 2.75) is 6.42 Å². The number of nitrogens with zero attached hydrogens (tertiary/aromatic N) is 1. The Bertz CT molecular complexity index is 1020. The van der Waals surface area contributed by atoms with E-state index in [-0.39, 0.29) is 53.5 Å². The van der Waals surface area contributed by atoms with Crippen LogP contribution in [-0.2, 0) is 4.74 Å². The summed E-state index contributed by atoms with van der Waals surface area (Å²) in [5.41, 5.74) is 0.855. The predicted molar refractivity (Wildman–Crippen MR) is 111 cm³/mol. The molecule has 1 aliphatic heterocycles. The molecule has 31 heavy (non-hydrogen) atoms. The number of methoxy groups -OCH3 is 1. The van der Waals surface area contributed by atoms with Gasteiger partial charge >= 0.3 is 0 Å². The number of carbonyl (C=O) groups is 4. The van der Waals surface area contributed by atoms with E-state index in [0.29, 0.717) is 13.0 Å². The number of ether oxygens (including phenoxy) is 1. The molecule has 162 valence electrons. The number of amides is 4. The first kappa shape index (κ1) is 22.0. The zero-order valence-electron chi connectivity index (χ0n) is 17.0. The van der Waals surface area contributed by atoms with Crippen LogP contribution < -0.4 is 10.6 Å². The smallest absolute Gasteiger partial charge is 0.261 e. The molecule has 2 aromatic rings. The van der Waals surface area contributed by atoms with Crippen LogP contribution in [0.1, 0.15) is 47.9 Å². The maximum atomic E-state index is 12.5. The second-order valence-corrected chi connectivity index (χ2v) is 6.90. The van der Waals surface area contributed by atoms with E-state index in [0.717, 1.165) is 4.90 Å². The van der Waals surface area contributed by atoms with Crippen LogP contribution in [0.5, 0.6) is 5.75 Å². The third kappa shape index (κ3) is 4.89. The summed E-state index contributed by atoms with van der Waals surface area (Å²) < 4.78 is 4.95. The normalized spacial score (nSPS) is 12.6. The first-order valence-corrected chi connectivity index (χ1v) is 9.77. The monoisotopic (exact) mass is 425 g/mol. The van der Waals surface area contributed by atoms with Gasteiger partial charge in [-0.3, -0.25) is 24.1 Å². The van der Waals surface area contributed by atoms with E-state index in [9.17, 15) is 24.3 Å². The second kappa shape index (κ2) is 9.86. The van der Waals surface area contributed by atoms with Crippen LogP contribution in [0.2, 0.25) is 0 Å².